The van der Waals surface area contributed by atoms with Crippen LogP contribution in [0.3, 0.4) is 0 Å². The second kappa shape index (κ2) is 4.25. The normalized spacial score (nSPS) is 16.8. The molecule has 1 aliphatic rings. The number of nitrogens with zero attached hydrogens (tertiary/aromatic N) is 2. The van der Waals surface area contributed by atoms with Crippen molar-refractivity contribution < 1.29 is 0 Å². The second-order valence-electron chi connectivity index (χ2n) is 5.22. The summed E-state index contributed by atoms with van der Waals surface area (Å²) in [4.78, 5) is 0. The van der Waals surface area contributed by atoms with Crippen LogP contribution >= 0.6 is 0 Å². The van der Waals surface area contributed by atoms with Crippen LogP contribution in [-0.2, 0) is 19.1 Å². The van der Waals surface area contributed by atoms with Crippen molar-refractivity contribution in [3.05, 3.63) is 53.3 Å². The first-order valence-corrected chi connectivity index (χ1v) is 6.49. The minimum absolute atomic E-state index is 0.212. The predicted octanol–water partition coefficient (Wildman–Crippen LogP) is 2.51. The molecule has 1 saturated carbocycles. The Balaban J connectivity index is 1.72. The first-order valence-electron chi connectivity index (χ1n) is 6.49. The highest BCUT2D eigenvalue weighted by atomic mass is 15.3. The SMILES string of the molecule is Cc1nn(C)cc1CNC1(c2ccccc2)CC1. The molecular formula is C15H19N3. The van der Waals surface area contributed by atoms with Crippen LogP contribution in [0.2, 0.25) is 0 Å². The number of rotatable bonds is 4. The van der Waals surface area contributed by atoms with E-state index >= 15 is 0 Å². The number of aryl methyl sites for hydroxylation is 2. The highest BCUT2D eigenvalue weighted by Crippen LogP contribution is 2.45. The van der Waals surface area contributed by atoms with Gasteiger partial charge in [-0.15, -0.1) is 0 Å². The van der Waals surface area contributed by atoms with Crippen molar-refractivity contribution >= 4 is 0 Å². The maximum absolute atomic E-state index is 4.38. The fourth-order valence-electron chi connectivity index (χ4n) is 2.54. The van der Waals surface area contributed by atoms with Gasteiger partial charge in [0.2, 0.25) is 0 Å². The lowest BCUT2D eigenvalue weighted by Crippen LogP contribution is -2.28. The van der Waals surface area contributed by atoms with Crippen molar-refractivity contribution in [3.8, 4) is 0 Å². The monoisotopic (exact) mass is 241 g/mol. The minimum Gasteiger partial charge on any atom is -0.303 e. The molecule has 3 nitrogen and oxygen atoms in total. The van der Waals surface area contributed by atoms with Crippen molar-refractivity contribution in [1.29, 1.82) is 0 Å². The molecule has 1 aromatic heterocycles. The number of nitrogens with one attached hydrogen (secondary N) is 1. The maximum atomic E-state index is 4.38. The van der Waals surface area contributed by atoms with E-state index in [1.165, 1.54) is 24.0 Å². The van der Waals surface area contributed by atoms with Crippen LogP contribution in [0.15, 0.2) is 36.5 Å². The van der Waals surface area contributed by atoms with Crippen LogP contribution in [0, 0.1) is 6.92 Å². The lowest BCUT2D eigenvalue weighted by atomic mass is 10.0. The fraction of sp³-hybridized carbons (Fsp3) is 0.400. The summed E-state index contributed by atoms with van der Waals surface area (Å²) in [5.41, 5.74) is 4.03. The summed E-state index contributed by atoms with van der Waals surface area (Å²) >= 11 is 0. The number of hydrogen-bond acceptors (Lipinski definition) is 2. The zero-order valence-electron chi connectivity index (χ0n) is 11.0. The molecule has 0 radical (unpaired) electrons. The van der Waals surface area contributed by atoms with E-state index in [9.17, 15) is 0 Å². The van der Waals surface area contributed by atoms with Crippen LogP contribution in [0.1, 0.15) is 29.7 Å². The summed E-state index contributed by atoms with van der Waals surface area (Å²) in [7, 11) is 1.97. The Hall–Kier alpha value is -1.61. The molecule has 1 N–H and O–H groups in total. The quantitative estimate of drug-likeness (QED) is 0.891. The molecule has 1 heterocycles. The summed E-state index contributed by atoms with van der Waals surface area (Å²) in [5.74, 6) is 0. The van der Waals surface area contributed by atoms with Crippen LogP contribution < -0.4 is 5.32 Å². The molecule has 18 heavy (non-hydrogen) atoms. The van der Waals surface area contributed by atoms with E-state index in [0.717, 1.165) is 12.2 Å². The summed E-state index contributed by atoms with van der Waals surface area (Å²) < 4.78 is 1.88. The van der Waals surface area contributed by atoms with E-state index in [1.807, 2.05) is 11.7 Å². The van der Waals surface area contributed by atoms with Gasteiger partial charge in [-0.05, 0) is 25.3 Å². The van der Waals surface area contributed by atoms with E-state index in [2.05, 4.69) is 53.9 Å². The maximum Gasteiger partial charge on any atom is 0.0638 e. The zero-order valence-corrected chi connectivity index (χ0v) is 11.0. The third-order valence-electron chi connectivity index (χ3n) is 3.81. The van der Waals surface area contributed by atoms with Gasteiger partial charge in [0.15, 0.2) is 0 Å². The molecule has 94 valence electrons. The average Bonchev–Trinajstić information content (AvgIpc) is 3.10. The van der Waals surface area contributed by atoms with Gasteiger partial charge in [-0.2, -0.15) is 5.10 Å². The van der Waals surface area contributed by atoms with Crippen molar-refractivity contribution in [2.75, 3.05) is 0 Å². The Morgan fingerprint density at radius 3 is 2.56 bits per heavy atom. The molecule has 1 fully saturated rings. The van der Waals surface area contributed by atoms with E-state index in [-0.39, 0.29) is 5.54 Å². The first-order chi connectivity index (χ1) is 8.70. The molecule has 0 atom stereocenters. The summed E-state index contributed by atoms with van der Waals surface area (Å²) in [6, 6.07) is 10.7. The average molecular weight is 241 g/mol. The Bertz CT molecular complexity index is 538. The van der Waals surface area contributed by atoms with Gasteiger partial charge in [0.05, 0.1) is 5.69 Å². The van der Waals surface area contributed by atoms with Crippen molar-refractivity contribution in [3.63, 3.8) is 0 Å². The number of benzene rings is 1. The molecule has 2 aromatic rings. The number of hydrogen-bond donors (Lipinski definition) is 1. The fourth-order valence-corrected chi connectivity index (χ4v) is 2.54. The van der Waals surface area contributed by atoms with Crippen LogP contribution in [0.25, 0.3) is 0 Å². The van der Waals surface area contributed by atoms with Gasteiger partial charge in [0.1, 0.15) is 0 Å². The molecule has 0 amide bonds. The summed E-state index contributed by atoms with van der Waals surface area (Å²) in [6.45, 7) is 2.97. The third-order valence-corrected chi connectivity index (χ3v) is 3.81. The first kappa shape index (κ1) is 11.5. The van der Waals surface area contributed by atoms with Crippen molar-refractivity contribution in [2.45, 2.75) is 31.8 Å². The van der Waals surface area contributed by atoms with Crippen molar-refractivity contribution in [1.82, 2.24) is 15.1 Å². The summed E-state index contributed by atoms with van der Waals surface area (Å²) in [6.07, 6.45) is 4.57. The molecule has 0 saturated heterocycles. The van der Waals surface area contributed by atoms with Crippen LogP contribution in [0.5, 0.6) is 0 Å². The molecule has 0 spiro atoms. The van der Waals surface area contributed by atoms with Crippen LogP contribution in [0.4, 0.5) is 0 Å². The molecule has 0 aliphatic heterocycles. The highest BCUT2D eigenvalue weighted by Gasteiger charge is 2.43. The topological polar surface area (TPSA) is 29.9 Å². The zero-order chi connectivity index (χ0) is 12.6. The van der Waals surface area contributed by atoms with Gasteiger partial charge in [-0.1, -0.05) is 30.3 Å². The van der Waals surface area contributed by atoms with Crippen LogP contribution in [-0.4, -0.2) is 9.78 Å². The predicted molar refractivity (Wildman–Crippen MR) is 72.1 cm³/mol. The third kappa shape index (κ3) is 2.06. The van der Waals surface area contributed by atoms with Gasteiger partial charge in [0, 0.05) is 30.9 Å². The Morgan fingerprint density at radius 2 is 2.00 bits per heavy atom. The Kier molecular flexibility index (Phi) is 2.71. The van der Waals surface area contributed by atoms with E-state index in [0.29, 0.717) is 0 Å². The standard InChI is InChI=1S/C15H19N3/c1-12-13(11-18(2)17-12)10-16-15(8-9-15)14-6-4-3-5-7-14/h3-7,11,16H,8-10H2,1-2H3. The van der Waals surface area contributed by atoms with Gasteiger partial charge >= 0.3 is 0 Å². The largest absolute Gasteiger partial charge is 0.303 e. The highest BCUT2D eigenvalue weighted by molar-refractivity contribution is 5.30. The molecular weight excluding hydrogens is 222 g/mol. The van der Waals surface area contributed by atoms with E-state index < -0.39 is 0 Å². The van der Waals surface area contributed by atoms with Gasteiger partial charge in [-0.3, -0.25) is 4.68 Å². The van der Waals surface area contributed by atoms with E-state index in [1.54, 1.807) is 0 Å². The van der Waals surface area contributed by atoms with E-state index in [4.69, 9.17) is 0 Å². The minimum atomic E-state index is 0.212. The smallest absolute Gasteiger partial charge is 0.0638 e. The van der Waals surface area contributed by atoms with Gasteiger partial charge in [0.25, 0.3) is 0 Å². The second-order valence-corrected chi connectivity index (χ2v) is 5.22. The molecule has 0 bridgehead atoms. The molecule has 1 aliphatic carbocycles. The molecule has 0 unspecified atom stereocenters. The lowest BCUT2D eigenvalue weighted by molar-refractivity contribution is 0.517. The van der Waals surface area contributed by atoms with Crippen molar-refractivity contribution in [2.24, 2.45) is 7.05 Å². The number of aromatic nitrogens is 2. The van der Waals surface area contributed by atoms with Gasteiger partial charge < -0.3 is 5.32 Å². The lowest BCUT2D eigenvalue weighted by Gasteiger charge is -2.17. The molecule has 3 rings (SSSR count). The molecule has 3 heteroatoms. The summed E-state index contributed by atoms with van der Waals surface area (Å²) in [5, 5.41) is 8.09. The molecule has 1 aromatic carbocycles. The Labute approximate surface area is 108 Å². The van der Waals surface area contributed by atoms with Gasteiger partial charge in [-0.25, -0.2) is 0 Å². The Morgan fingerprint density at radius 1 is 1.28 bits per heavy atom.